The molecule has 27 heavy (non-hydrogen) atoms. The Morgan fingerprint density at radius 2 is 2.00 bits per heavy atom. The van der Waals surface area contributed by atoms with Crippen LogP contribution in [0.3, 0.4) is 0 Å². The molecule has 0 saturated heterocycles. The summed E-state index contributed by atoms with van der Waals surface area (Å²) < 4.78 is 13.8. The number of amides is 2. The number of H-pyrrole nitrogens is 1. The maximum atomic E-state index is 13.8. The van der Waals surface area contributed by atoms with Gasteiger partial charge in [0, 0.05) is 12.1 Å². The lowest BCUT2D eigenvalue weighted by atomic mass is 10.1. The number of para-hydroxylation sites is 2. The third-order valence-electron chi connectivity index (χ3n) is 4.30. The molecule has 6 nitrogen and oxygen atoms in total. The third-order valence-corrected chi connectivity index (χ3v) is 4.30. The quantitative estimate of drug-likeness (QED) is 0.646. The number of aromatic amines is 1. The number of carbonyl (C=O) groups excluding carboxylic acids is 1. The van der Waals surface area contributed by atoms with E-state index >= 15 is 0 Å². The van der Waals surface area contributed by atoms with Crippen molar-refractivity contribution in [1.29, 1.82) is 0 Å². The van der Waals surface area contributed by atoms with Gasteiger partial charge in [0.2, 0.25) is 0 Å². The maximum absolute atomic E-state index is 13.8. The molecule has 1 heterocycles. The lowest BCUT2D eigenvalue weighted by molar-refractivity contribution is 0.185. The summed E-state index contributed by atoms with van der Waals surface area (Å²) >= 11 is 0. The van der Waals surface area contributed by atoms with Gasteiger partial charge in [0.1, 0.15) is 5.82 Å². The van der Waals surface area contributed by atoms with Crippen molar-refractivity contribution in [1.82, 2.24) is 9.88 Å². The summed E-state index contributed by atoms with van der Waals surface area (Å²) in [6, 6.07) is 12.6. The Balaban J connectivity index is 1.87. The molecule has 0 unspecified atom stereocenters. The van der Waals surface area contributed by atoms with Crippen molar-refractivity contribution in [3.8, 4) is 0 Å². The van der Waals surface area contributed by atoms with E-state index in [1.807, 2.05) is 25.1 Å². The van der Waals surface area contributed by atoms with Gasteiger partial charge < -0.3 is 20.3 Å². The predicted octanol–water partition coefficient (Wildman–Crippen LogP) is 3.00. The van der Waals surface area contributed by atoms with Gasteiger partial charge in [0.25, 0.3) is 5.56 Å². The third kappa shape index (κ3) is 4.15. The number of nitrogens with zero attached hydrogens (tertiary/aromatic N) is 1. The topological polar surface area (TPSA) is 85.4 Å². The average Bonchev–Trinajstić information content (AvgIpc) is 2.64. The van der Waals surface area contributed by atoms with E-state index < -0.39 is 11.8 Å². The fourth-order valence-electron chi connectivity index (χ4n) is 2.88. The molecule has 3 rings (SSSR count). The standard InChI is InChI=1S/C20H20FN3O3/c1-13-5-4-6-14-11-15(19(26)23-18(13)14)12-24(9-10-25)20(27)22-17-8-3-2-7-16(17)21/h2-8,11,25H,9-10,12H2,1H3,(H,22,27)(H,23,26). The normalized spacial score (nSPS) is 10.8. The van der Waals surface area contributed by atoms with Crippen LogP contribution in [0.2, 0.25) is 0 Å². The highest BCUT2D eigenvalue weighted by Gasteiger charge is 2.17. The number of pyridine rings is 1. The highest BCUT2D eigenvalue weighted by atomic mass is 19.1. The molecule has 1 aromatic heterocycles. The van der Waals surface area contributed by atoms with Gasteiger partial charge in [0.05, 0.1) is 24.4 Å². The van der Waals surface area contributed by atoms with Gasteiger partial charge in [-0.25, -0.2) is 9.18 Å². The summed E-state index contributed by atoms with van der Waals surface area (Å²) in [5, 5.41) is 12.6. The molecule has 0 aliphatic rings. The van der Waals surface area contributed by atoms with Gasteiger partial charge >= 0.3 is 6.03 Å². The molecule has 140 valence electrons. The fraction of sp³-hybridized carbons (Fsp3) is 0.200. The number of aromatic nitrogens is 1. The minimum absolute atomic E-state index is 0.00554. The number of halogens is 1. The lowest BCUT2D eigenvalue weighted by Crippen LogP contribution is -2.38. The van der Waals surface area contributed by atoms with Crippen molar-refractivity contribution in [3.05, 3.63) is 75.8 Å². The minimum Gasteiger partial charge on any atom is -0.395 e. The van der Waals surface area contributed by atoms with Crippen molar-refractivity contribution >= 4 is 22.6 Å². The first kappa shape index (κ1) is 18.6. The second kappa shape index (κ2) is 8.01. The summed E-state index contributed by atoms with van der Waals surface area (Å²) in [6.07, 6.45) is 0. The van der Waals surface area contributed by atoms with Gasteiger partial charge in [0.15, 0.2) is 0 Å². The molecule has 0 spiro atoms. The molecule has 0 saturated carbocycles. The molecule has 7 heteroatoms. The van der Waals surface area contributed by atoms with E-state index in [4.69, 9.17) is 0 Å². The van der Waals surface area contributed by atoms with Crippen LogP contribution >= 0.6 is 0 Å². The molecule has 0 aliphatic carbocycles. The van der Waals surface area contributed by atoms with Gasteiger partial charge in [-0.15, -0.1) is 0 Å². The molecule has 2 amide bonds. The molecular weight excluding hydrogens is 349 g/mol. The van der Waals surface area contributed by atoms with E-state index in [-0.39, 0.29) is 30.9 Å². The van der Waals surface area contributed by atoms with Crippen molar-refractivity contribution in [2.75, 3.05) is 18.5 Å². The van der Waals surface area contributed by atoms with Crippen LogP contribution in [0.1, 0.15) is 11.1 Å². The van der Waals surface area contributed by atoms with Crippen LogP contribution in [0.15, 0.2) is 53.3 Å². The van der Waals surface area contributed by atoms with Crippen molar-refractivity contribution in [2.24, 2.45) is 0 Å². The number of fused-ring (bicyclic) bond motifs is 1. The Labute approximate surface area is 155 Å². The first-order valence-electron chi connectivity index (χ1n) is 8.52. The predicted molar refractivity (Wildman–Crippen MR) is 102 cm³/mol. The number of rotatable bonds is 5. The number of carbonyl (C=O) groups is 1. The van der Waals surface area contributed by atoms with E-state index in [1.165, 1.54) is 23.1 Å². The zero-order valence-corrected chi connectivity index (χ0v) is 14.8. The fourth-order valence-corrected chi connectivity index (χ4v) is 2.88. The first-order chi connectivity index (χ1) is 13.0. The Hall–Kier alpha value is -3.19. The number of urea groups is 1. The average molecular weight is 369 g/mol. The number of aliphatic hydroxyl groups excluding tert-OH is 1. The number of anilines is 1. The van der Waals surface area contributed by atoms with Crippen LogP contribution in [-0.2, 0) is 6.54 Å². The molecule has 0 radical (unpaired) electrons. The van der Waals surface area contributed by atoms with Crippen molar-refractivity contribution in [3.63, 3.8) is 0 Å². The molecule has 3 N–H and O–H groups in total. The van der Waals surface area contributed by atoms with Gasteiger partial charge in [-0.3, -0.25) is 4.79 Å². The van der Waals surface area contributed by atoms with Crippen molar-refractivity contribution in [2.45, 2.75) is 13.5 Å². The van der Waals surface area contributed by atoms with Gasteiger partial charge in [-0.2, -0.15) is 0 Å². The zero-order valence-electron chi connectivity index (χ0n) is 14.8. The van der Waals surface area contributed by atoms with Gasteiger partial charge in [-0.1, -0.05) is 30.3 Å². The molecule has 0 fully saturated rings. The van der Waals surface area contributed by atoms with Crippen LogP contribution in [0, 0.1) is 12.7 Å². The van der Waals surface area contributed by atoms with E-state index in [0.29, 0.717) is 5.56 Å². The van der Waals surface area contributed by atoms with Crippen LogP contribution in [0.25, 0.3) is 10.9 Å². The molecule has 0 aliphatic heterocycles. The number of hydrogen-bond acceptors (Lipinski definition) is 3. The minimum atomic E-state index is -0.599. The summed E-state index contributed by atoms with van der Waals surface area (Å²) in [5.41, 5.74) is 1.80. The Morgan fingerprint density at radius 3 is 2.74 bits per heavy atom. The Bertz CT molecular complexity index is 1030. The second-order valence-electron chi connectivity index (χ2n) is 6.22. The van der Waals surface area contributed by atoms with E-state index in [0.717, 1.165) is 16.5 Å². The summed E-state index contributed by atoms with van der Waals surface area (Å²) in [7, 11) is 0. The largest absolute Gasteiger partial charge is 0.395 e. The molecular formula is C20H20FN3O3. The van der Waals surface area contributed by atoms with E-state index in [9.17, 15) is 19.1 Å². The van der Waals surface area contributed by atoms with E-state index in [2.05, 4.69) is 10.3 Å². The van der Waals surface area contributed by atoms with Crippen LogP contribution in [0.4, 0.5) is 14.9 Å². The Kier molecular flexibility index (Phi) is 5.52. The Morgan fingerprint density at radius 1 is 1.22 bits per heavy atom. The summed E-state index contributed by atoms with van der Waals surface area (Å²) in [4.78, 5) is 29.0. The number of hydrogen-bond donors (Lipinski definition) is 3. The van der Waals surface area contributed by atoms with E-state index in [1.54, 1.807) is 12.1 Å². The first-order valence-corrected chi connectivity index (χ1v) is 8.52. The molecule has 2 aromatic carbocycles. The number of aryl methyl sites for hydroxylation is 1. The zero-order chi connectivity index (χ0) is 19.4. The molecule has 0 bridgehead atoms. The highest BCUT2D eigenvalue weighted by molar-refractivity contribution is 5.89. The van der Waals surface area contributed by atoms with Crippen molar-refractivity contribution < 1.29 is 14.3 Å². The monoisotopic (exact) mass is 369 g/mol. The van der Waals surface area contributed by atoms with Crippen LogP contribution < -0.4 is 10.9 Å². The van der Waals surface area contributed by atoms with Crippen LogP contribution in [-0.4, -0.2) is 34.2 Å². The maximum Gasteiger partial charge on any atom is 0.322 e. The number of nitrogens with one attached hydrogen (secondary N) is 2. The molecule has 3 aromatic rings. The van der Waals surface area contributed by atoms with Gasteiger partial charge in [-0.05, 0) is 36.1 Å². The van der Waals surface area contributed by atoms with Crippen LogP contribution in [0.5, 0.6) is 0 Å². The highest BCUT2D eigenvalue weighted by Crippen LogP contribution is 2.17. The number of aliphatic hydroxyl groups is 1. The molecule has 0 atom stereocenters. The SMILES string of the molecule is Cc1cccc2cc(CN(CCO)C(=O)Nc3ccccc3F)c(=O)[nH]c12. The summed E-state index contributed by atoms with van der Waals surface area (Å²) in [5.74, 6) is -0.561. The summed E-state index contributed by atoms with van der Waals surface area (Å²) in [6.45, 7) is 1.61. The number of benzene rings is 2. The second-order valence-corrected chi connectivity index (χ2v) is 6.22. The smallest absolute Gasteiger partial charge is 0.322 e. The lowest BCUT2D eigenvalue weighted by Gasteiger charge is -2.22.